The molecule has 4 N–H and O–H groups in total. The molecule has 3 aliphatic heterocycles. The smallest absolute Gasteiger partial charge is 0.407 e. The van der Waals surface area contributed by atoms with E-state index < -0.39 is 18.2 Å². The number of hydrogen-bond acceptors (Lipinski definition) is 10. The molecule has 16 heteroatoms. The third kappa shape index (κ3) is 9.51. The summed E-state index contributed by atoms with van der Waals surface area (Å²) < 4.78 is 20.1. The molecule has 16 nitrogen and oxygen atoms in total. The Bertz CT molecular complexity index is 2610. The summed E-state index contributed by atoms with van der Waals surface area (Å²) in [4.78, 5) is 71.0. The Kier molecular flexibility index (Phi) is 14.4. The van der Waals surface area contributed by atoms with E-state index in [2.05, 4.69) is 74.3 Å². The van der Waals surface area contributed by atoms with Crippen molar-refractivity contribution in [3.63, 3.8) is 0 Å². The molecule has 0 radical (unpaired) electrons. The van der Waals surface area contributed by atoms with Crippen molar-refractivity contribution >= 4 is 45.8 Å². The van der Waals surface area contributed by atoms with Crippen LogP contribution in [0.4, 0.5) is 9.59 Å². The molecule has 0 saturated carbocycles. The first-order valence-corrected chi connectivity index (χ1v) is 21.6. The number of aromatic nitrogens is 4. The number of aromatic amines is 2. The van der Waals surface area contributed by atoms with Crippen LogP contribution < -0.4 is 15.4 Å². The van der Waals surface area contributed by atoms with Gasteiger partial charge in [0.25, 0.3) is 5.91 Å². The molecular formula is C48H56N8O8. The number of nitrogens with zero attached hydrogens (tertiary/aromatic N) is 4. The second-order valence-electron chi connectivity index (χ2n) is 15.9. The molecule has 3 atom stereocenters. The Morgan fingerprint density at radius 3 is 2.25 bits per heavy atom. The number of H-pyrrole nitrogens is 2. The lowest BCUT2D eigenvalue weighted by atomic mass is 9.92. The molecule has 0 bridgehead atoms. The van der Waals surface area contributed by atoms with Crippen LogP contribution in [0.15, 0.2) is 79.0 Å². The first kappa shape index (κ1) is 45.1. The van der Waals surface area contributed by atoms with Crippen LogP contribution in [0.2, 0.25) is 0 Å². The van der Waals surface area contributed by atoms with Crippen molar-refractivity contribution in [2.24, 2.45) is 0 Å². The van der Waals surface area contributed by atoms with Gasteiger partial charge < -0.3 is 49.3 Å². The summed E-state index contributed by atoms with van der Waals surface area (Å²) in [6.45, 7) is 5.61. The Balaban J connectivity index is 0.000000968. The summed E-state index contributed by atoms with van der Waals surface area (Å²) in [5.41, 5.74) is 7.22. The quantitative estimate of drug-likeness (QED) is 0.116. The van der Waals surface area contributed by atoms with Crippen molar-refractivity contribution in [1.29, 1.82) is 0 Å². The first-order valence-electron chi connectivity index (χ1n) is 21.6. The van der Waals surface area contributed by atoms with Crippen LogP contribution in [0.5, 0.6) is 5.75 Å². The van der Waals surface area contributed by atoms with Gasteiger partial charge in [0.15, 0.2) is 0 Å². The molecule has 9 rings (SSSR count). The summed E-state index contributed by atoms with van der Waals surface area (Å²) in [6, 6.07) is 22.3. The van der Waals surface area contributed by atoms with Gasteiger partial charge >= 0.3 is 12.2 Å². The molecule has 2 aromatic heterocycles. The predicted octanol–water partition coefficient (Wildman–Crippen LogP) is 8.12. The monoisotopic (exact) mass is 872 g/mol. The third-order valence-electron chi connectivity index (χ3n) is 11.4. The highest BCUT2D eigenvalue weighted by Crippen LogP contribution is 2.43. The van der Waals surface area contributed by atoms with E-state index in [1.54, 1.807) is 30.2 Å². The zero-order chi connectivity index (χ0) is 45.3. The molecule has 2 fully saturated rings. The fourth-order valence-electron chi connectivity index (χ4n) is 8.55. The molecule has 0 aliphatic carbocycles. The van der Waals surface area contributed by atoms with E-state index in [1.165, 1.54) is 20.6 Å². The van der Waals surface area contributed by atoms with Gasteiger partial charge in [0.2, 0.25) is 5.91 Å². The third-order valence-corrected chi connectivity index (χ3v) is 11.4. The number of benzene rings is 4. The summed E-state index contributed by atoms with van der Waals surface area (Å²) in [7, 11) is 5.79. The normalized spacial score (nSPS) is 16.6. The number of carbonyl (C=O) groups is 4. The highest BCUT2D eigenvalue weighted by Gasteiger charge is 2.37. The number of methoxy groups -OCH3 is 3. The van der Waals surface area contributed by atoms with Crippen LogP contribution in [0.25, 0.3) is 44.2 Å². The number of alkyl carbamates (subject to hydrolysis) is 2. The van der Waals surface area contributed by atoms with E-state index >= 15 is 0 Å². The molecule has 6 aromatic rings. The number of nitrogens with one attached hydrogen (secondary N) is 4. The minimum atomic E-state index is -0.892. The van der Waals surface area contributed by atoms with Crippen molar-refractivity contribution in [1.82, 2.24) is 40.4 Å². The van der Waals surface area contributed by atoms with E-state index in [0.29, 0.717) is 36.9 Å². The summed E-state index contributed by atoms with van der Waals surface area (Å²) in [5.74, 6) is 1.76. The van der Waals surface area contributed by atoms with Gasteiger partial charge in [0.1, 0.15) is 36.6 Å². The second-order valence-corrected chi connectivity index (χ2v) is 15.9. The second kappa shape index (κ2) is 20.5. The number of likely N-dealkylation sites (tertiary alicyclic amines) is 2. The van der Waals surface area contributed by atoms with Crippen LogP contribution in [0.3, 0.4) is 0 Å². The van der Waals surface area contributed by atoms with Crippen molar-refractivity contribution in [3.8, 4) is 28.1 Å². The molecule has 0 spiro atoms. The molecular weight excluding hydrogens is 817 g/mol. The van der Waals surface area contributed by atoms with Gasteiger partial charge in [-0.2, -0.15) is 0 Å². The maximum Gasteiger partial charge on any atom is 0.407 e. The van der Waals surface area contributed by atoms with Gasteiger partial charge in [0, 0.05) is 38.3 Å². The molecule has 4 aromatic carbocycles. The Hall–Kier alpha value is -6.94. The topological polar surface area (TPSA) is 193 Å². The van der Waals surface area contributed by atoms with E-state index in [9.17, 15) is 19.2 Å². The molecule has 336 valence electrons. The van der Waals surface area contributed by atoms with Gasteiger partial charge in [-0.25, -0.2) is 19.6 Å². The van der Waals surface area contributed by atoms with E-state index in [4.69, 9.17) is 19.4 Å². The zero-order valence-electron chi connectivity index (χ0n) is 37.2. The number of carbonyl (C=O) groups excluding carboxylic acids is 4. The lowest BCUT2D eigenvalue weighted by molar-refractivity contribution is -0.134. The minimum absolute atomic E-state index is 0.141. The Morgan fingerprint density at radius 2 is 1.53 bits per heavy atom. The summed E-state index contributed by atoms with van der Waals surface area (Å²) >= 11 is 0. The number of rotatable bonds is 8. The molecule has 2 saturated heterocycles. The van der Waals surface area contributed by atoms with Crippen LogP contribution in [0, 0.1) is 0 Å². The highest BCUT2D eigenvalue weighted by atomic mass is 16.5. The SMILES string of the molecule is CCC.COC.COC(=O)NCC(=O)N1CCCC1c1nc2c(ccc3cc4c(cc32)OCc2cc(-c3cnc(C5CCCN5C(=O)C(NC(=O)OC)c5ccccc5)[nH]3)ccc2-4)[nH]1. The molecule has 5 heterocycles. The largest absolute Gasteiger partial charge is 0.488 e. The van der Waals surface area contributed by atoms with E-state index in [1.807, 2.05) is 42.5 Å². The average molecular weight is 873 g/mol. The minimum Gasteiger partial charge on any atom is -0.488 e. The molecule has 4 amide bonds. The maximum atomic E-state index is 14.0. The van der Waals surface area contributed by atoms with Crippen LogP contribution >= 0.6 is 0 Å². The standard InChI is InChI=1S/C43H42N8O7.C3H8.C2H6O/c1-56-42(54)45-22-36(52)50-16-6-11-34(50)40-46-31-15-13-25-19-30-28-14-12-26(18-27(28)23-58-35(30)20-29(25)38(31)48-40)32-21-44-39(47-32)33-10-7-17-51(33)41(53)37(49-43(55)57-2)24-8-4-3-5-9-24;2*1-3-2/h3-5,8-9,12-15,18-21,33-34,37H,6-7,10-11,16-17,22-23H2,1-2H3,(H,44,47)(H,45,54)(H,46,48)(H,49,55);3H2,1-2H3;1-2H3. The zero-order valence-corrected chi connectivity index (χ0v) is 37.2. The van der Waals surface area contributed by atoms with Crippen LogP contribution in [-0.4, -0.2) is 102 Å². The van der Waals surface area contributed by atoms with Crippen LogP contribution in [-0.2, 0) is 30.4 Å². The Morgan fingerprint density at radius 1 is 0.828 bits per heavy atom. The predicted molar refractivity (Wildman–Crippen MR) is 242 cm³/mol. The molecule has 64 heavy (non-hydrogen) atoms. The lowest BCUT2D eigenvalue weighted by Crippen LogP contribution is -2.42. The average Bonchev–Trinajstić information content (AvgIpc) is 4.16. The summed E-state index contributed by atoms with van der Waals surface area (Å²) in [5, 5.41) is 7.16. The summed E-state index contributed by atoms with van der Waals surface area (Å²) in [6.07, 6.45) is 4.88. The molecule has 3 aliphatic rings. The fourth-order valence-corrected chi connectivity index (χ4v) is 8.55. The highest BCUT2D eigenvalue weighted by molar-refractivity contribution is 6.07. The van der Waals surface area contributed by atoms with E-state index in [-0.39, 0.29) is 30.4 Å². The van der Waals surface area contributed by atoms with Crippen molar-refractivity contribution < 1.29 is 38.1 Å². The first-order chi connectivity index (χ1) is 31.1. The van der Waals surface area contributed by atoms with Gasteiger partial charge in [-0.15, -0.1) is 0 Å². The lowest BCUT2D eigenvalue weighted by Gasteiger charge is -2.28. The number of hydrogen-bond donors (Lipinski definition) is 4. The molecule has 3 unspecified atom stereocenters. The van der Waals surface area contributed by atoms with E-state index in [0.717, 1.165) is 81.2 Å². The number of ether oxygens (including phenoxy) is 4. The van der Waals surface area contributed by atoms with Crippen molar-refractivity contribution in [3.05, 3.63) is 102 Å². The van der Waals surface area contributed by atoms with Gasteiger partial charge in [-0.1, -0.05) is 68.8 Å². The number of fused-ring (bicyclic) bond motifs is 6. The Labute approximate surface area is 372 Å². The van der Waals surface area contributed by atoms with Crippen LogP contribution in [0.1, 0.15) is 86.9 Å². The van der Waals surface area contributed by atoms with Crippen molar-refractivity contribution in [2.75, 3.05) is 48.1 Å². The maximum absolute atomic E-state index is 14.0. The number of amides is 4. The fraction of sp³-hybridized carbons (Fsp3) is 0.375. The van der Waals surface area contributed by atoms with Gasteiger partial charge in [-0.3, -0.25) is 9.59 Å². The van der Waals surface area contributed by atoms with Crippen molar-refractivity contribution in [2.45, 2.75) is 70.7 Å². The van der Waals surface area contributed by atoms with Gasteiger partial charge in [0.05, 0.1) is 49.2 Å². The number of imidazole rings is 2. The van der Waals surface area contributed by atoms with Gasteiger partial charge in [-0.05, 0) is 77.6 Å².